The van der Waals surface area contributed by atoms with Gasteiger partial charge in [0.15, 0.2) is 0 Å². The third kappa shape index (κ3) is 2.05. The largest absolute Gasteiger partial charge is 0.341 e. The van der Waals surface area contributed by atoms with Crippen molar-refractivity contribution in [3.8, 4) is 0 Å². The second-order valence-electron chi connectivity index (χ2n) is 5.65. The van der Waals surface area contributed by atoms with Crippen molar-refractivity contribution in [1.29, 1.82) is 0 Å². The molecule has 0 aromatic carbocycles. The summed E-state index contributed by atoms with van der Waals surface area (Å²) in [7, 11) is 0. The first-order valence-corrected chi connectivity index (χ1v) is 6.45. The van der Waals surface area contributed by atoms with Crippen LogP contribution in [0.3, 0.4) is 0 Å². The second kappa shape index (κ2) is 3.90. The number of nitrogens with zero attached hydrogens (tertiary/aromatic N) is 1. The average molecular weight is 244 g/mol. The van der Waals surface area contributed by atoms with Crippen LogP contribution in [-0.2, 0) is 4.79 Å². The molecule has 3 fully saturated rings. The van der Waals surface area contributed by atoms with Crippen molar-refractivity contribution in [2.45, 2.75) is 37.6 Å². The Balaban J connectivity index is 1.61. The Morgan fingerprint density at radius 1 is 1.29 bits per heavy atom. The molecular formula is C12H18F2N2O. The van der Waals surface area contributed by atoms with E-state index in [0.717, 1.165) is 19.5 Å². The first-order valence-electron chi connectivity index (χ1n) is 6.45. The summed E-state index contributed by atoms with van der Waals surface area (Å²) in [5.41, 5.74) is 0. The molecule has 1 saturated carbocycles. The number of amides is 1. The molecular weight excluding hydrogens is 226 g/mol. The van der Waals surface area contributed by atoms with Crippen molar-refractivity contribution in [2.24, 2.45) is 11.8 Å². The van der Waals surface area contributed by atoms with E-state index in [1.807, 2.05) is 0 Å². The zero-order valence-electron chi connectivity index (χ0n) is 9.79. The molecule has 3 nitrogen and oxygen atoms in total. The van der Waals surface area contributed by atoms with Crippen molar-refractivity contribution in [1.82, 2.24) is 10.2 Å². The van der Waals surface area contributed by atoms with Gasteiger partial charge in [-0.2, -0.15) is 0 Å². The van der Waals surface area contributed by atoms with Gasteiger partial charge in [0, 0.05) is 37.9 Å². The predicted octanol–water partition coefficient (Wildman–Crippen LogP) is 1.24. The molecule has 0 aromatic heterocycles. The number of alkyl halides is 2. The molecule has 96 valence electrons. The van der Waals surface area contributed by atoms with E-state index in [0.29, 0.717) is 24.9 Å². The quantitative estimate of drug-likeness (QED) is 0.752. The van der Waals surface area contributed by atoms with Gasteiger partial charge in [0.05, 0.1) is 0 Å². The molecule has 1 aliphatic carbocycles. The maximum absolute atomic E-state index is 13.1. The monoisotopic (exact) mass is 244 g/mol. The molecule has 0 aromatic rings. The minimum atomic E-state index is -2.62. The summed E-state index contributed by atoms with van der Waals surface area (Å²) in [6, 6.07) is 0.404. The van der Waals surface area contributed by atoms with Gasteiger partial charge in [0.1, 0.15) is 0 Å². The van der Waals surface area contributed by atoms with Crippen LogP contribution in [0.4, 0.5) is 8.78 Å². The third-order valence-electron chi connectivity index (χ3n) is 4.43. The lowest BCUT2D eigenvalue weighted by atomic mass is 10.1. The summed E-state index contributed by atoms with van der Waals surface area (Å²) in [5.74, 6) is -2.56. The fourth-order valence-electron chi connectivity index (χ4n) is 3.45. The zero-order chi connectivity index (χ0) is 12.0. The van der Waals surface area contributed by atoms with Crippen LogP contribution < -0.4 is 5.32 Å². The van der Waals surface area contributed by atoms with E-state index in [1.54, 1.807) is 4.90 Å². The summed E-state index contributed by atoms with van der Waals surface area (Å²) < 4.78 is 26.2. The number of hydrogen-bond donors (Lipinski definition) is 1. The summed E-state index contributed by atoms with van der Waals surface area (Å²) in [4.78, 5) is 13.9. The Labute approximate surface area is 99.5 Å². The Morgan fingerprint density at radius 2 is 2.12 bits per heavy atom. The maximum atomic E-state index is 13.1. The smallest absolute Gasteiger partial charge is 0.248 e. The van der Waals surface area contributed by atoms with E-state index in [4.69, 9.17) is 0 Å². The molecule has 3 aliphatic rings. The van der Waals surface area contributed by atoms with Gasteiger partial charge in [0.2, 0.25) is 11.8 Å². The van der Waals surface area contributed by atoms with E-state index >= 15 is 0 Å². The van der Waals surface area contributed by atoms with Crippen LogP contribution in [-0.4, -0.2) is 42.4 Å². The first kappa shape index (κ1) is 11.4. The molecule has 1 N–H and O–H groups in total. The fraction of sp³-hybridized carbons (Fsp3) is 0.917. The highest BCUT2D eigenvalue weighted by Gasteiger charge is 2.46. The molecule has 2 aliphatic heterocycles. The highest BCUT2D eigenvalue weighted by Crippen LogP contribution is 2.40. The van der Waals surface area contributed by atoms with E-state index < -0.39 is 11.8 Å². The maximum Gasteiger partial charge on any atom is 0.248 e. The first-order chi connectivity index (χ1) is 8.05. The standard InChI is InChI=1S/C12H18F2N2O/c13-12(14)3-1-8(5-12)11(17)16-6-9-2-4-15-10(9)7-16/h8-10,15H,1-7H2/t8?,9-,10+/m0/s1. The Bertz CT molecular complexity index is 322. The molecule has 3 atom stereocenters. The average Bonchev–Trinajstić information content (AvgIpc) is 2.89. The molecule has 1 amide bonds. The van der Waals surface area contributed by atoms with Gasteiger partial charge in [0.25, 0.3) is 0 Å². The molecule has 0 spiro atoms. The van der Waals surface area contributed by atoms with Gasteiger partial charge in [-0.05, 0) is 25.3 Å². The van der Waals surface area contributed by atoms with Crippen LogP contribution in [0.15, 0.2) is 0 Å². The fourth-order valence-corrected chi connectivity index (χ4v) is 3.45. The van der Waals surface area contributed by atoms with Gasteiger partial charge in [-0.15, -0.1) is 0 Å². The molecule has 2 saturated heterocycles. The van der Waals surface area contributed by atoms with E-state index in [-0.39, 0.29) is 18.7 Å². The third-order valence-corrected chi connectivity index (χ3v) is 4.43. The lowest BCUT2D eigenvalue weighted by molar-refractivity contribution is -0.135. The Morgan fingerprint density at radius 3 is 2.76 bits per heavy atom. The number of carbonyl (C=O) groups is 1. The Hall–Kier alpha value is -0.710. The number of halogens is 2. The molecule has 17 heavy (non-hydrogen) atoms. The summed E-state index contributed by atoms with van der Waals surface area (Å²) in [6.45, 7) is 2.50. The molecule has 3 rings (SSSR count). The van der Waals surface area contributed by atoms with E-state index in [2.05, 4.69) is 5.32 Å². The highest BCUT2D eigenvalue weighted by atomic mass is 19.3. The van der Waals surface area contributed by atoms with Crippen LogP contribution in [0.5, 0.6) is 0 Å². The number of rotatable bonds is 1. The number of fused-ring (bicyclic) bond motifs is 1. The number of likely N-dealkylation sites (tertiary alicyclic amines) is 1. The number of carbonyl (C=O) groups excluding carboxylic acids is 1. The topological polar surface area (TPSA) is 32.3 Å². The molecule has 1 unspecified atom stereocenters. The van der Waals surface area contributed by atoms with Gasteiger partial charge in [-0.25, -0.2) is 8.78 Å². The van der Waals surface area contributed by atoms with Gasteiger partial charge < -0.3 is 10.2 Å². The predicted molar refractivity (Wildman–Crippen MR) is 58.8 cm³/mol. The number of nitrogens with one attached hydrogen (secondary N) is 1. The van der Waals surface area contributed by atoms with E-state index in [9.17, 15) is 13.6 Å². The lowest BCUT2D eigenvalue weighted by Gasteiger charge is -2.21. The van der Waals surface area contributed by atoms with Crippen molar-refractivity contribution >= 4 is 5.91 Å². The SMILES string of the molecule is O=C(C1CCC(F)(F)C1)N1C[C@@H]2CCN[C@@H]2C1. The highest BCUT2D eigenvalue weighted by molar-refractivity contribution is 5.79. The normalized spacial score (nSPS) is 39.6. The van der Waals surface area contributed by atoms with Crippen LogP contribution in [0, 0.1) is 11.8 Å². The summed E-state index contributed by atoms with van der Waals surface area (Å²) in [5, 5.41) is 3.37. The van der Waals surface area contributed by atoms with Crippen molar-refractivity contribution in [2.75, 3.05) is 19.6 Å². The van der Waals surface area contributed by atoms with Crippen molar-refractivity contribution < 1.29 is 13.6 Å². The van der Waals surface area contributed by atoms with Crippen molar-refractivity contribution in [3.05, 3.63) is 0 Å². The van der Waals surface area contributed by atoms with Crippen LogP contribution >= 0.6 is 0 Å². The summed E-state index contributed by atoms with van der Waals surface area (Å²) in [6.07, 6.45) is 1.09. The minimum Gasteiger partial charge on any atom is -0.341 e. The van der Waals surface area contributed by atoms with Crippen LogP contribution in [0.2, 0.25) is 0 Å². The molecule has 0 radical (unpaired) electrons. The number of hydrogen-bond acceptors (Lipinski definition) is 2. The Kier molecular flexibility index (Phi) is 2.61. The zero-order valence-corrected chi connectivity index (χ0v) is 9.79. The molecule has 0 bridgehead atoms. The molecule has 5 heteroatoms. The van der Waals surface area contributed by atoms with Gasteiger partial charge >= 0.3 is 0 Å². The second-order valence-corrected chi connectivity index (χ2v) is 5.65. The van der Waals surface area contributed by atoms with Crippen LogP contribution in [0.1, 0.15) is 25.7 Å². The molecule has 2 heterocycles. The van der Waals surface area contributed by atoms with E-state index in [1.165, 1.54) is 0 Å². The summed E-state index contributed by atoms with van der Waals surface area (Å²) >= 11 is 0. The van der Waals surface area contributed by atoms with Gasteiger partial charge in [-0.1, -0.05) is 0 Å². The van der Waals surface area contributed by atoms with Crippen LogP contribution in [0.25, 0.3) is 0 Å². The van der Waals surface area contributed by atoms with Crippen molar-refractivity contribution in [3.63, 3.8) is 0 Å². The minimum absolute atomic E-state index is 0.0432. The van der Waals surface area contributed by atoms with Gasteiger partial charge in [-0.3, -0.25) is 4.79 Å². The lowest BCUT2D eigenvalue weighted by Crippen LogP contribution is -2.37.